The molecule has 114 valence electrons. The molecule has 1 saturated heterocycles. The van der Waals surface area contributed by atoms with Crippen LogP contribution in [-0.4, -0.2) is 51.3 Å². The highest BCUT2D eigenvalue weighted by molar-refractivity contribution is 5.85. The van der Waals surface area contributed by atoms with Gasteiger partial charge in [0.15, 0.2) is 11.5 Å². The van der Waals surface area contributed by atoms with Gasteiger partial charge in [0.1, 0.15) is 6.61 Å². The highest BCUT2D eigenvalue weighted by Crippen LogP contribution is 2.25. The van der Waals surface area contributed by atoms with Gasteiger partial charge in [0.05, 0.1) is 7.11 Å². The van der Waals surface area contributed by atoms with Crippen molar-refractivity contribution in [3.05, 3.63) is 24.3 Å². The second-order valence-electron chi connectivity index (χ2n) is 4.93. The van der Waals surface area contributed by atoms with Gasteiger partial charge in [0.2, 0.25) is 0 Å². The smallest absolute Gasteiger partial charge is 0.161 e. The Labute approximate surface area is 127 Å². The van der Waals surface area contributed by atoms with Crippen molar-refractivity contribution in [3.8, 4) is 11.5 Å². The number of likely N-dealkylation sites (N-methyl/N-ethyl adjacent to an activating group) is 1. The standard InChI is InChI=1S/C15H24N2O2.ClH/c1-16-13-6-5-9-17(12-13)10-11-19-15-8-4-3-7-14(15)18-2;/h3-4,7-8,13,16H,5-6,9-12H2,1-2H3;1H. The van der Waals surface area contributed by atoms with Gasteiger partial charge < -0.3 is 14.8 Å². The van der Waals surface area contributed by atoms with Gasteiger partial charge in [0, 0.05) is 19.1 Å². The van der Waals surface area contributed by atoms with Crippen molar-refractivity contribution in [3.63, 3.8) is 0 Å². The summed E-state index contributed by atoms with van der Waals surface area (Å²) in [5, 5.41) is 3.36. The van der Waals surface area contributed by atoms with Crippen molar-refractivity contribution >= 4 is 12.4 Å². The minimum absolute atomic E-state index is 0. The van der Waals surface area contributed by atoms with Crippen LogP contribution in [0.5, 0.6) is 11.5 Å². The molecule has 5 heteroatoms. The molecule has 1 N–H and O–H groups in total. The van der Waals surface area contributed by atoms with Crippen molar-refractivity contribution < 1.29 is 9.47 Å². The molecule has 1 heterocycles. The predicted octanol–water partition coefficient (Wildman–Crippen LogP) is 2.18. The number of hydrogen-bond donors (Lipinski definition) is 1. The fourth-order valence-corrected chi connectivity index (χ4v) is 2.52. The lowest BCUT2D eigenvalue weighted by Gasteiger charge is -2.32. The zero-order chi connectivity index (χ0) is 13.5. The first kappa shape index (κ1) is 17.1. The van der Waals surface area contributed by atoms with E-state index >= 15 is 0 Å². The van der Waals surface area contributed by atoms with E-state index in [0.29, 0.717) is 12.6 Å². The SMILES string of the molecule is CNC1CCCN(CCOc2ccccc2OC)C1.Cl. The molecule has 0 amide bonds. The third-order valence-corrected chi connectivity index (χ3v) is 3.65. The number of likely N-dealkylation sites (tertiary alicyclic amines) is 1. The normalized spacial score (nSPS) is 19.2. The molecule has 0 bridgehead atoms. The number of rotatable bonds is 6. The molecule has 0 aliphatic carbocycles. The Hall–Kier alpha value is -0.970. The number of nitrogens with one attached hydrogen (secondary N) is 1. The number of nitrogens with zero attached hydrogens (tertiary/aromatic N) is 1. The summed E-state index contributed by atoms with van der Waals surface area (Å²) in [6.07, 6.45) is 2.54. The van der Waals surface area contributed by atoms with Gasteiger partial charge >= 0.3 is 0 Å². The fourth-order valence-electron chi connectivity index (χ4n) is 2.52. The Morgan fingerprint density at radius 3 is 2.75 bits per heavy atom. The zero-order valence-corrected chi connectivity index (χ0v) is 13.1. The van der Waals surface area contributed by atoms with Crippen LogP contribution in [0.1, 0.15) is 12.8 Å². The average molecular weight is 301 g/mol. The molecule has 1 atom stereocenters. The molecular formula is C15H25ClN2O2. The number of benzene rings is 1. The number of ether oxygens (including phenoxy) is 2. The fraction of sp³-hybridized carbons (Fsp3) is 0.600. The van der Waals surface area contributed by atoms with Gasteiger partial charge in [-0.3, -0.25) is 4.90 Å². The number of para-hydroxylation sites is 2. The van der Waals surface area contributed by atoms with E-state index in [4.69, 9.17) is 9.47 Å². The molecular weight excluding hydrogens is 276 g/mol. The summed E-state index contributed by atoms with van der Waals surface area (Å²) in [4.78, 5) is 2.46. The maximum atomic E-state index is 5.81. The lowest BCUT2D eigenvalue weighted by atomic mass is 10.1. The van der Waals surface area contributed by atoms with Crippen LogP contribution in [0, 0.1) is 0 Å². The van der Waals surface area contributed by atoms with Crippen LogP contribution in [0.4, 0.5) is 0 Å². The second kappa shape index (κ2) is 9.06. The molecule has 4 nitrogen and oxygen atoms in total. The van der Waals surface area contributed by atoms with Crippen LogP contribution in [0.15, 0.2) is 24.3 Å². The van der Waals surface area contributed by atoms with Crippen LogP contribution < -0.4 is 14.8 Å². The van der Waals surface area contributed by atoms with Crippen LogP contribution in [-0.2, 0) is 0 Å². The van der Waals surface area contributed by atoms with Crippen LogP contribution >= 0.6 is 12.4 Å². The quantitative estimate of drug-likeness (QED) is 0.873. The Balaban J connectivity index is 0.00000200. The maximum absolute atomic E-state index is 5.81. The number of piperidine rings is 1. The lowest BCUT2D eigenvalue weighted by Crippen LogP contribution is -2.45. The molecule has 0 aromatic heterocycles. The van der Waals surface area contributed by atoms with E-state index < -0.39 is 0 Å². The maximum Gasteiger partial charge on any atom is 0.161 e. The molecule has 1 aliphatic heterocycles. The number of halogens is 1. The Morgan fingerprint density at radius 1 is 1.30 bits per heavy atom. The summed E-state index contributed by atoms with van der Waals surface area (Å²) in [7, 11) is 3.71. The Kier molecular flexibility index (Phi) is 7.73. The Morgan fingerprint density at radius 2 is 2.05 bits per heavy atom. The van der Waals surface area contributed by atoms with Gasteiger partial charge in [-0.05, 0) is 38.6 Å². The van der Waals surface area contributed by atoms with Gasteiger partial charge in [0.25, 0.3) is 0 Å². The molecule has 0 saturated carbocycles. The lowest BCUT2D eigenvalue weighted by molar-refractivity contribution is 0.160. The van der Waals surface area contributed by atoms with E-state index in [2.05, 4.69) is 10.2 Å². The summed E-state index contributed by atoms with van der Waals surface area (Å²) in [6.45, 7) is 3.96. The predicted molar refractivity (Wildman–Crippen MR) is 84.3 cm³/mol. The van der Waals surface area contributed by atoms with Crippen LogP contribution in [0.25, 0.3) is 0 Å². The van der Waals surface area contributed by atoms with E-state index in [9.17, 15) is 0 Å². The summed E-state index contributed by atoms with van der Waals surface area (Å²) in [5.41, 5.74) is 0. The van der Waals surface area contributed by atoms with Crippen LogP contribution in [0.2, 0.25) is 0 Å². The second-order valence-corrected chi connectivity index (χ2v) is 4.93. The van der Waals surface area contributed by atoms with E-state index in [1.165, 1.54) is 19.4 Å². The first-order valence-corrected chi connectivity index (χ1v) is 6.99. The summed E-state index contributed by atoms with van der Waals surface area (Å²) in [6, 6.07) is 8.42. The summed E-state index contributed by atoms with van der Waals surface area (Å²) in [5.74, 6) is 1.63. The first-order chi connectivity index (χ1) is 9.33. The van der Waals surface area contributed by atoms with Gasteiger partial charge in [-0.1, -0.05) is 12.1 Å². The third kappa shape index (κ3) is 4.85. The summed E-state index contributed by atoms with van der Waals surface area (Å²) >= 11 is 0. The van der Waals surface area contributed by atoms with E-state index in [1.807, 2.05) is 31.3 Å². The molecule has 1 unspecified atom stereocenters. The molecule has 2 rings (SSSR count). The highest BCUT2D eigenvalue weighted by Gasteiger charge is 2.17. The molecule has 1 fully saturated rings. The van der Waals surface area contributed by atoms with Crippen molar-refractivity contribution in [1.82, 2.24) is 10.2 Å². The van der Waals surface area contributed by atoms with E-state index in [-0.39, 0.29) is 12.4 Å². The molecule has 1 aliphatic rings. The van der Waals surface area contributed by atoms with Crippen LogP contribution in [0.3, 0.4) is 0 Å². The number of hydrogen-bond acceptors (Lipinski definition) is 4. The van der Waals surface area contributed by atoms with Crippen molar-refractivity contribution in [2.75, 3.05) is 40.4 Å². The van der Waals surface area contributed by atoms with Crippen molar-refractivity contribution in [2.24, 2.45) is 0 Å². The topological polar surface area (TPSA) is 33.7 Å². The minimum atomic E-state index is 0. The molecule has 1 aromatic rings. The zero-order valence-electron chi connectivity index (χ0n) is 12.3. The average Bonchev–Trinajstić information content (AvgIpc) is 2.48. The van der Waals surface area contributed by atoms with E-state index in [0.717, 1.165) is 24.6 Å². The van der Waals surface area contributed by atoms with Gasteiger partial charge in [-0.25, -0.2) is 0 Å². The first-order valence-electron chi connectivity index (χ1n) is 6.99. The largest absolute Gasteiger partial charge is 0.493 e. The third-order valence-electron chi connectivity index (χ3n) is 3.65. The van der Waals surface area contributed by atoms with Crippen molar-refractivity contribution in [2.45, 2.75) is 18.9 Å². The van der Waals surface area contributed by atoms with Crippen molar-refractivity contribution in [1.29, 1.82) is 0 Å². The molecule has 1 aromatic carbocycles. The molecule has 0 spiro atoms. The van der Waals surface area contributed by atoms with Gasteiger partial charge in [-0.2, -0.15) is 0 Å². The summed E-state index contributed by atoms with van der Waals surface area (Å²) < 4.78 is 11.1. The molecule has 0 radical (unpaired) electrons. The minimum Gasteiger partial charge on any atom is -0.493 e. The van der Waals surface area contributed by atoms with E-state index in [1.54, 1.807) is 7.11 Å². The monoisotopic (exact) mass is 300 g/mol. The van der Waals surface area contributed by atoms with Gasteiger partial charge in [-0.15, -0.1) is 12.4 Å². The Bertz CT molecular complexity index is 390. The molecule has 20 heavy (non-hydrogen) atoms. The number of methoxy groups -OCH3 is 1. The highest BCUT2D eigenvalue weighted by atomic mass is 35.5.